The predicted octanol–water partition coefficient (Wildman–Crippen LogP) is 5.56. The number of para-hydroxylation sites is 1. The van der Waals surface area contributed by atoms with Crippen molar-refractivity contribution in [3.63, 3.8) is 0 Å². The third-order valence-corrected chi connectivity index (χ3v) is 7.39. The maximum atomic E-state index is 13.2. The topological polar surface area (TPSA) is 74.4 Å². The second-order valence-electron chi connectivity index (χ2n) is 9.36. The molecule has 0 saturated carbocycles. The zero-order valence-corrected chi connectivity index (χ0v) is 20.2. The van der Waals surface area contributed by atoms with Crippen molar-refractivity contribution in [2.24, 2.45) is 0 Å². The van der Waals surface area contributed by atoms with Crippen molar-refractivity contribution in [3.8, 4) is 0 Å². The molecular weight excluding hydrogens is 438 g/mol. The summed E-state index contributed by atoms with van der Waals surface area (Å²) in [5, 5.41) is 6.55. The van der Waals surface area contributed by atoms with E-state index < -0.39 is 12.0 Å². The first-order valence-electron chi connectivity index (χ1n) is 12.2. The average molecular weight is 470 g/mol. The molecule has 180 valence electrons. The minimum atomic E-state index is -0.775. The number of benzene rings is 3. The van der Waals surface area contributed by atoms with Crippen LogP contribution in [0.4, 0.5) is 4.79 Å². The molecule has 2 heterocycles. The van der Waals surface area contributed by atoms with Crippen LogP contribution in [0, 0.1) is 0 Å². The number of carbonyl (C=O) groups is 2. The highest BCUT2D eigenvalue weighted by Gasteiger charge is 2.33. The first-order valence-corrected chi connectivity index (χ1v) is 12.2. The summed E-state index contributed by atoms with van der Waals surface area (Å²) in [6.45, 7) is 3.24. The van der Waals surface area contributed by atoms with Crippen molar-refractivity contribution in [1.29, 1.82) is 0 Å². The number of hydrogen-bond donors (Lipinski definition) is 2. The number of urea groups is 1. The SMILES string of the molecule is COC(=O)[C@H](NC(=O)N1CCC(c2cccc3ccccc23)CC1)[C@@H](C)c1c[nH]c2ccccc12. The Balaban J connectivity index is 1.28. The average Bonchev–Trinajstić information content (AvgIpc) is 3.35. The number of aromatic nitrogens is 1. The molecule has 2 atom stereocenters. The van der Waals surface area contributed by atoms with Crippen molar-refractivity contribution in [1.82, 2.24) is 15.2 Å². The second-order valence-corrected chi connectivity index (χ2v) is 9.36. The Hall–Kier alpha value is -3.80. The molecule has 4 aromatic rings. The van der Waals surface area contributed by atoms with Crippen LogP contribution in [0.25, 0.3) is 21.7 Å². The molecule has 5 rings (SSSR count). The van der Waals surface area contributed by atoms with Crippen molar-refractivity contribution in [2.45, 2.75) is 37.6 Å². The number of esters is 1. The number of nitrogens with one attached hydrogen (secondary N) is 2. The first-order chi connectivity index (χ1) is 17.1. The van der Waals surface area contributed by atoms with E-state index in [1.54, 1.807) is 0 Å². The number of amides is 2. The molecule has 1 aromatic heterocycles. The van der Waals surface area contributed by atoms with Crippen molar-refractivity contribution >= 4 is 33.7 Å². The van der Waals surface area contributed by atoms with Crippen LogP contribution in [-0.2, 0) is 9.53 Å². The number of methoxy groups -OCH3 is 1. The van der Waals surface area contributed by atoms with Gasteiger partial charge in [-0.1, -0.05) is 67.6 Å². The molecule has 0 radical (unpaired) electrons. The summed E-state index contributed by atoms with van der Waals surface area (Å²) >= 11 is 0. The molecular formula is C29H31N3O3. The number of nitrogens with zero attached hydrogens (tertiary/aromatic N) is 1. The van der Waals surface area contributed by atoms with Crippen molar-refractivity contribution in [2.75, 3.05) is 20.2 Å². The van der Waals surface area contributed by atoms with E-state index >= 15 is 0 Å². The molecule has 1 saturated heterocycles. The van der Waals surface area contributed by atoms with Crippen LogP contribution >= 0.6 is 0 Å². The van der Waals surface area contributed by atoms with E-state index in [-0.39, 0.29) is 11.9 Å². The molecule has 6 heteroatoms. The Morgan fingerprint density at radius 3 is 2.43 bits per heavy atom. The fraction of sp³-hybridized carbons (Fsp3) is 0.310. The summed E-state index contributed by atoms with van der Waals surface area (Å²) in [5.41, 5.74) is 3.33. The number of H-pyrrole nitrogens is 1. The molecule has 1 aliphatic heterocycles. The number of piperidine rings is 1. The number of likely N-dealkylation sites (tertiary alicyclic amines) is 1. The molecule has 6 nitrogen and oxygen atoms in total. The fourth-order valence-corrected chi connectivity index (χ4v) is 5.39. The molecule has 0 aliphatic carbocycles. The maximum Gasteiger partial charge on any atom is 0.329 e. The molecule has 1 aliphatic rings. The zero-order valence-electron chi connectivity index (χ0n) is 20.2. The third-order valence-electron chi connectivity index (χ3n) is 7.39. The minimum Gasteiger partial charge on any atom is -0.467 e. The minimum absolute atomic E-state index is 0.219. The lowest BCUT2D eigenvalue weighted by Gasteiger charge is -2.34. The van der Waals surface area contributed by atoms with Crippen molar-refractivity contribution < 1.29 is 14.3 Å². The summed E-state index contributed by atoms with van der Waals surface area (Å²) in [6, 6.07) is 21.9. The quantitative estimate of drug-likeness (QED) is 0.376. The Morgan fingerprint density at radius 1 is 0.971 bits per heavy atom. The van der Waals surface area contributed by atoms with Gasteiger partial charge in [0.05, 0.1) is 7.11 Å². The van der Waals surface area contributed by atoms with Gasteiger partial charge in [-0.3, -0.25) is 0 Å². The van der Waals surface area contributed by atoms with E-state index in [2.05, 4.69) is 52.8 Å². The van der Waals surface area contributed by atoms with Crippen LogP contribution in [0.5, 0.6) is 0 Å². The highest BCUT2D eigenvalue weighted by molar-refractivity contribution is 5.88. The molecule has 0 spiro atoms. The van der Waals surface area contributed by atoms with E-state index in [4.69, 9.17) is 4.74 Å². The van der Waals surface area contributed by atoms with Crippen LogP contribution in [0.3, 0.4) is 0 Å². The number of aromatic amines is 1. The zero-order chi connectivity index (χ0) is 24.4. The third kappa shape index (κ3) is 4.48. The Bertz CT molecular complexity index is 1350. The smallest absolute Gasteiger partial charge is 0.329 e. The predicted molar refractivity (Wildman–Crippen MR) is 139 cm³/mol. The molecule has 3 aromatic carbocycles. The Morgan fingerprint density at radius 2 is 1.66 bits per heavy atom. The van der Waals surface area contributed by atoms with Gasteiger partial charge in [0.2, 0.25) is 0 Å². The number of fused-ring (bicyclic) bond motifs is 2. The van der Waals surface area contributed by atoms with Gasteiger partial charge in [-0.15, -0.1) is 0 Å². The lowest BCUT2D eigenvalue weighted by molar-refractivity contribution is -0.143. The molecule has 1 fully saturated rings. The van der Waals surface area contributed by atoms with Crippen molar-refractivity contribution in [3.05, 3.63) is 84.1 Å². The summed E-state index contributed by atoms with van der Waals surface area (Å²) in [4.78, 5) is 31.0. The lowest BCUT2D eigenvalue weighted by atomic mass is 9.86. The van der Waals surface area contributed by atoms with E-state index in [9.17, 15) is 9.59 Å². The van der Waals surface area contributed by atoms with E-state index in [1.807, 2.05) is 42.3 Å². The van der Waals surface area contributed by atoms with Crippen LogP contribution in [0.15, 0.2) is 72.9 Å². The first kappa shape index (κ1) is 23.0. The molecule has 0 bridgehead atoms. The monoisotopic (exact) mass is 469 g/mol. The largest absolute Gasteiger partial charge is 0.467 e. The normalized spacial score (nSPS) is 16.2. The van der Waals surface area contributed by atoms with Crippen LogP contribution in [-0.4, -0.2) is 48.1 Å². The molecule has 2 amide bonds. The van der Waals surface area contributed by atoms with Gasteiger partial charge in [-0.05, 0) is 46.7 Å². The molecule has 2 N–H and O–H groups in total. The molecule has 35 heavy (non-hydrogen) atoms. The van der Waals surface area contributed by atoms with Crippen LogP contribution < -0.4 is 5.32 Å². The maximum absolute atomic E-state index is 13.2. The van der Waals surface area contributed by atoms with Gasteiger partial charge in [0.15, 0.2) is 0 Å². The van der Waals surface area contributed by atoms with Crippen LogP contribution in [0.2, 0.25) is 0 Å². The van der Waals surface area contributed by atoms with Gasteiger partial charge in [-0.25, -0.2) is 9.59 Å². The van der Waals surface area contributed by atoms with Crippen LogP contribution in [0.1, 0.15) is 42.7 Å². The lowest BCUT2D eigenvalue weighted by Crippen LogP contribution is -2.52. The van der Waals surface area contributed by atoms with Gasteiger partial charge >= 0.3 is 12.0 Å². The number of rotatable bonds is 5. The van der Waals surface area contributed by atoms with E-state index in [0.717, 1.165) is 29.3 Å². The van der Waals surface area contributed by atoms with Gasteiger partial charge < -0.3 is 19.9 Å². The molecule has 0 unspecified atom stereocenters. The Labute approximate surface area is 205 Å². The van der Waals surface area contributed by atoms with Gasteiger partial charge in [-0.2, -0.15) is 0 Å². The number of hydrogen-bond acceptors (Lipinski definition) is 3. The van der Waals surface area contributed by atoms with Gasteiger partial charge in [0.1, 0.15) is 6.04 Å². The number of carbonyl (C=O) groups excluding carboxylic acids is 2. The standard InChI is InChI=1S/C29H31N3O3/c1-19(25-18-30-26-13-6-5-11-24(25)26)27(28(33)35-2)31-29(34)32-16-14-21(15-17-32)23-12-7-9-20-8-3-4-10-22(20)23/h3-13,18-19,21,27,30H,14-17H2,1-2H3,(H,31,34)/t19-,27+/m0/s1. The summed E-state index contributed by atoms with van der Waals surface area (Å²) in [5.74, 6) is -0.288. The fourth-order valence-electron chi connectivity index (χ4n) is 5.39. The summed E-state index contributed by atoms with van der Waals surface area (Å²) in [6.07, 6.45) is 3.69. The van der Waals surface area contributed by atoms with E-state index in [1.165, 1.54) is 23.4 Å². The Kier molecular flexibility index (Phi) is 6.45. The second kappa shape index (κ2) is 9.82. The summed E-state index contributed by atoms with van der Waals surface area (Å²) in [7, 11) is 1.36. The summed E-state index contributed by atoms with van der Waals surface area (Å²) < 4.78 is 5.07. The number of ether oxygens (including phenoxy) is 1. The highest BCUT2D eigenvalue weighted by Crippen LogP contribution is 2.33. The van der Waals surface area contributed by atoms with Gasteiger partial charge in [0.25, 0.3) is 0 Å². The van der Waals surface area contributed by atoms with Gasteiger partial charge in [0, 0.05) is 36.1 Å². The highest BCUT2D eigenvalue weighted by atomic mass is 16.5. The van der Waals surface area contributed by atoms with E-state index in [0.29, 0.717) is 19.0 Å².